The van der Waals surface area contributed by atoms with Gasteiger partial charge in [0.25, 0.3) is 0 Å². The van der Waals surface area contributed by atoms with Gasteiger partial charge in [0, 0.05) is 17.9 Å². The zero-order valence-corrected chi connectivity index (χ0v) is 19.1. The maximum absolute atomic E-state index is 4.59. The maximum atomic E-state index is 4.59. The Bertz CT molecular complexity index is 1370. The van der Waals surface area contributed by atoms with Gasteiger partial charge in [-0.2, -0.15) is 0 Å². The molecule has 0 aliphatic carbocycles. The van der Waals surface area contributed by atoms with Crippen LogP contribution in [0.15, 0.2) is 96.2 Å². The van der Waals surface area contributed by atoms with E-state index in [2.05, 4.69) is 114 Å². The van der Waals surface area contributed by atoms with Crippen molar-refractivity contribution in [2.45, 2.75) is 31.2 Å². The van der Waals surface area contributed by atoms with Crippen molar-refractivity contribution >= 4 is 22.5 Å². The third kappa shape index (κ3) is 4.32. The summed E-state index contributed by atoms with van der Waals surface area (Å²) in [5, 5.41) is 12.6. The third-order valence-electron chi connectivity index (χ3n) is 5.84. The molecule has 3 nitrogen and oxygen atoms in total. The first kappa shape index (κ1) is 20.5. The molecule has 1 heterocycles. The summed E-state index contributed by atoms with van der Waals surface area (Å²) in [5.41, 5.74) is 6.19. The Hall–Kier alpha value is -3.37. The van der Waals surface area contributed by atoms with Crippen LogP contribution in [-0.2, 0) is 12.2 Å². The fourth-order valence-corrected chi connectivity index (χ4v) is 4.80. The number of benzene rings is 4. The Kier molecular flexibility index (Phi) is 5.78. The molecule has 158 valence electrons. The van der Waals surface area contributed by atoms with Crippen molar-refractivity contribution in [3.8, 4) is 5.69 Å². The van der Waals surface area contributed by atoms with Crippen molar-refractivity contribution in [1.29, 1.82) is 0 Å². The summed E-state index contributed by atoms with van der Waals surface area (Å²) in [6.45, 7) is 4.30. The Balaban J connectivity index is 1.48. The normalized spacial score (nSPS) is 11.2. The Morgan fingerprint density at radius 1 is 0.688 bits per heavy atom. The van der Waals surface area contributed by atoms with Crippen LogP contribution in [0.2, 0.25) is 0 Å². The van der Waals surface area contributed by atoms with Crippen molar-refractivity contribution < 1.29 is 0 Å². The third-order valence-corrected chi connectivity index (χ3v) is 6.84. The van der Waals surface area contributed by atoms with Crippen LogP contribution in [0, 0.1) is 13.8 Å². The van der Waals surface area contributed by atoms with E-state index in [1.54, 1.807) is 11.8 Å². The largest absolute Gasteiger partial charge is 0.274 e. The van der Waals surface area contributed by atoms with Crippen LogP contribution >= 0.6 is 11.8 Å². The van der Waals surface area contributed by atoms with Crippen molar-refractivity contribution in [1.82, 2.24) is 14.8 Å². The van der Waals surface area contributed by atoms with Crippen LogP contribution in [0.4, 0.5) is 0 Å². The highest BCUT2D eigenvalue weighted by Crippen LogP contribution is 2.28. The van der Waals surface area contributed by atoms with E-state index in [1.165, 1.54) is 33.0 Å². The minimum atomic E-state index is 0.747. The van der Waals surface area contributed by atoms with Crippen LogP contribution in [0.1, 0.15) is 28.1 Å². The molecule has 0 fully saturated rings. The Morgan fingerprint density at radius 2 is 1.47 bits per heavy atom. The first-order valence-corrected chi connectivity index (χ1v) is 11.8. The lowest BCUT2D eigenvalue weighted by Gasteiger charge is -2.12. The highest BCUT2D eigenvalue weighted by molar-refractivity contribution is 7.98. The lowest BCUT2D eigenvalue weighted by Crippen LogP contribution is -2.04. The summed E-state index contributed by atoms with van der Waals surface area (Å²) in [7, 11) is 0. The van der Waals surface area contributed by atoms with E-state index in [1.807, 2.05) is 6.07 Å². The minimum absolute atomic E-state index is 0.747. The average molecular weight is 436 g/mol. The molecular weight excluding hydrogens is 410 g/mol. The molecule has 5 aromatic rings. The average Bonchev–Trinajstić information content (AvgIpc) is 3.22. The number of aromatic nitrogens is 3. The first-order chi connectivity index (χ1) is 15.7. The molecule has 0 spiro atoms. The molecular formula is C28H25N3S. The smallest absolute Gasteiger partial charge is 0.196 e. The standard InChI is InChI=1S/C28H25N3S/c1-20-12-15-26(16-21(20)2)31-27(18-22-8-4-3-5-9-22)29-30-28(31)32-19-23-13-14-24-10-6-7-11-25(24)17-23/h3-17H,18-19H2,1-2H3. The molecule has 32 heavy (non-hydrogen) atoms. The predicted molar refractivity (Wildman–Crippen MR) is 134 cm³/mol. The SMILES string of the molecule is Cc1ccc(-n2c(Cc3ccccc3)nnc2SCc2ccc3ccccc3c2)cc1C. The fraction of sp³-hybridized carbons (Fsp3) is 0.143. The van der Waals surface area contributed by atoms with Gasteiger partial charge < -0.3 is 0 Å². The second-order valence-corrected chi connectivity index (χ2v) is 9.08. The van der Waals surface area contributed by atoms with Crippen LogP contribution in [0.5, 0.6) is 0 Å². The lowest BCUT2D eigenvalue weighted by atomic mass is 10.1. The minimum Gasteiger partial charge on any atom is -0.274 e. The highest BCUT2D eigenvalue weighted by atomic mass is 32.2. The molecule has 0 saturated carbocycles. The molecule has 4 aromatic carbocycles. The summed E-state index contributed by atoms with van der Waals surface area (Å²) < 4.78 is 2.21. The molecule has 0 N–H and O–H groups in total. The number of hydrogen-bond donors (Lipinski definition) is 0. The molecule has 0 bridgehead atoms. The van der Waals surface area contributed by atoms with Crippen molar-refractivity contribution in [2.75, 3.05) is 0 Å². The van der Waals surface area contributed by atoms with Gasteiger partial charge in [-0.05, 0) is 59.0 Å². The van der Waals surface area contributed by atoms with Gasteiger partial charge in [-0.3, -0.25) is 4.57 Å². The van der Waals surface area contributed by atoms with E-state index >= 15 is 0 Å². The highest BCUT2D eigenvalue weighted by Gasteiger charge is 2.16. The number of fused-ring (bicyclic) bond motifs is 1. The molecule has 5 rings (SSSR count). The van der Waals surface area contributed by atoms with Crippen LogP contribution in [-0.4, -0.2) is 14.8 Å². The number of thioether (sulfide) groups is 1. The number of aryl methyl sites for hydroxylation is 2. The van der Waals surface area contributed by atoms with Crippen LogP contribution < -0.4 is 0 Å². The Labute approximate surface area is 193 Å². The summed E-state index contributed by atoms with van der Waals surface area (Å²) in [5.74, 6) is 1.81. The van der Waals surface area contributed by atoms with Gasteiger partial charge in [0.05, 0.1) is 0 Å². The van der Waals surface area contributed by atoms with Crippen molar-refractivity contribution in [3.05, 3.63) is 119 Å². The Morgan fingerprint density at radius 3 is 2.28 bits per heavy atom. The molecule has 0 saturated heterocycles. The van der Waals surface area contributed by atoms with Gasteiger partial charge in [0.15, 0.2) is 5.16 Å². The molecule has 0 radical (unpaired) electrons. The van der Waals surface area contributed by atoms with Gasteiger partial charge >= 0.3 is 0 Å². The molecule has 0 unspecified atom stereocenters. The topological polar surface area (TPSA) is 30.7 Å². The summed E-state index contributed by atoms with van der Waals surface area (Å²) in [6.07, 6.45) is 0.747. The second-order valence-electron chi connectivity index (χ2n) is 8.14. The first-order valence-electron chi connectivity index (χ1n) is 10.8. The van der Waals surface area contributed by atoms with Gasteiger partial charge in [-0.1, -0.05) is 90.6 Å². The number of hydrogen-bond acceptors (Lipinski definition) is 3. The quantitative estimate of drug-likeness (QED) is 0.271. The summed E-state index contributed by atoms with van der Waals surface area (Å²) in [6, 6.07) is 32.2. The van der Waals surface area contributed by atoms with Crippen LogP contribution in [0.25, 0.3) is 16.5 Å². The number of rotatable bonds is 6. The fourth-order valence-electron chi connectivity index (χ4n) is 3.89. The molecule has 4 heteroatoms. The van der Waals surface area contributed by atoms with Crippen molar-refractivity contribution in [2.24, 2.45) is 0 Å². The van der Waals surface area contributed by atoms with E-state index < -0.39 is 0 Å². The van der Waals surface area contributed by atoms with Gasteiger partial charge in [0.1, 0.15) is 5.82 Å². The van der Waals surface area contributed by atoms with Gasteiger partial charge in [-0.25, -0.2) is 0 Å². The predicted octanol–water partition coefficient (Wildman–Crippen LogP) is 6.92. The number of nitrogens with zero attached hydrogens (tertiary/aromatic N) is 3. The van der Waals surface area contributed by atoms with E-state index in [9.17, 15) is 0 Å². The molecule has 0 aliphatic heterocycles. The second kappa shape index (κ2) is 9.01. The van der Waals surface area contributed by atoms with E-state index in [4.69, 9.17) is 0 Å². The monoisotopic (exact) mass is 435 g/mol. The lowest BCUT2D eigenvalue weighted by molar-refractivity contribution is 0.846. The molecule has 0 amide bonds. The van der Waals surface area contributed by atoms with Crippen molar-refractivity contribution in [3.63, 3.8) is 0 Å². The molecule has 1 aromatic heterocycles. The van der Waals surface area contributed by atoms with Gasteiger partial charge in [0.2, 0.25) is 0 Å². The summed E-state index contributed by atoms with van der Waals surface area (Å²) in [4.78, 5) is 0. The van der Waals surface area contributed by atoms with Gasteiger partial charge in [-0.15, -0.1) is 10.2 Å². The molecule has 0 atom stereocenters. The van der Waals surface area contributed by atoms with E-state index in [0.717, 1.165) is 28.8 Å². The zero-order valence-electron chi connectivity index (χ0n) is 18.3. The maximum Gasteiger partial charge on any atom is 0.196 e. The summed E-state index contributed by atoms with van der Waals surface area (Å²) >= 11 is 1.73. The van der Waals surface area contributed by atoms with Crippen LogP contribution in [0.3, 0.4) is 0 Å². The van der Waals surface area contributed by atoms with E-state index in [0.29, 0.717) is 0 Å². The molecule has 0 aliphatic rings. The van der Waals surface area contributed by atoms with E-state index in [-0.39, 0.29) is 0 Å². The zero-order chi connectivity index (χ0) is 21.9.